The van der Waals surface area contributed by atoms with Crippen molar-refractivity contribution in [3.05, 3.63) is 78.9 Å². The minimum atomic E-state index is -0.848. The molecule has 0 aliphatic rings. The van der Waals surface area contributed by atoms with E-state index >= 15 is 0 Å². The highest BCUT2D eigenvalue weighted by molar-refractivity contribution is 5.63. The lowest BCUT2D eigenvalue weighted by Gasteiger charge is -2.24. The number of aryl methyl sites for hydroxylation is 1. The van der Waals surface area contributed by atoms with Crippen LogP contribution in [0, 0.1) is 0 Å². The van der Waals surface area contributed by atoms with E-state index in [0.29, 0.717) is 6.42 Å². The average molecular weight is 292 g/mol. The average Bonchev–Trinajstić information content (AvgIpc) is 3.08. The second kappa shape index (κ2) is 6.16. The monoisotopic (exact) mass is 292 g/mol. The normalized spacial score (nSPS) is 13.7. The molecule has 112 valence electrons. The van der Waals surface area contributed by atoms with Gasteiger partial charge in [0.25, 0.3) is 0 Å². The van der Waals surface area contributed by atoms with Crippen LogP contribution < -0.4 is 0 Å². The first-order chi connectivity index (χ1) is 10.6. The number of nitrogens with zero attached hydrogens (tertiary/aromatic N) is 2. The molecule has 0 saturated carbocycles. The largest absolute Gasteiger partial charge is 0.385 e. The Kier molecular flexibility index (Phi) is 4.07. The fourth-order valence-corrected chi connectivity index (χ4v) is 2.56. The summed E-state index contributed by atoms with van der Waals surface area (Å²) in [7, 11) is 0. The molecule has 0 aliphatic carbocycles. The quantitative estimate of drug-likeness (QED) is 0.775. The van der Waals surface area contributed by atoms with Gasteiger partial charge in [0.15, 0.2) is 0 Å². The van der Waals surface area contributed by atoms with Crippen molar-refractivity contribution < 1.29 is 5.11 Å². The van der Waals surface area contributed by atoms with Crippen LogP contribution in [0.4, 0.5) is 0 Å². The lowest BCUT2D eigenvalue weighted by molar-refractivity contribution is 0.0431. The molecule has 0 saturated heterocycles. The predicted octanol–water partition coefficient (Wildman–Crippen LogP) is 3.85. The minimum absolute atomic E-state index is 0.647. The molecule has 2 aromatic carbocycles. The summed E-state index contributed by atoms with van der Waals surface area (Å²) in [4.78, 5) is 4.02. The van der Waals surface area contributed by atoms with E-state index in [9.17, 15) is 5.11 Å². The number of rotatable bonds is 5. The summed E-state index contributed by atoms with van der Waals surface area (Å²) in [5.41, 5.74) is 2.44. The van der Waals surface area contributed by atoms with Crippen LogP contribution in [0.5, 0.6) is 0 Å². The van der Waals surface area contributed by atoms with E-state index in [2.05, 4.69) is 29.2 Å². The summed E-state index contributed by atoms with van der Waals surface area (Å²) in [6.07, 6.45) is 6.08. The topological polar surface area (TPSA) is 38.0 Å². The summed E-state index contributed by atoms with van der Waals surface area (Å²) >= 11 is 0. The Balaban J connectivity index is 1.73. The summed E-state index contributed by atoms with van der Waals surface area (Å²) in [5, 5.41) is 10.7. The van der Waals surface area contributed by atoms with Gasteiger partial charge in [0.05, 0.1) is 11.9 Å². The maximum atomic E-state index is 10.7. The van der Waals surface area contributed by atoms with Gasteiger partial charge in [0.2, 0.25) is 0 Å². The smallest absolute Gasteiger partial charge is 0.0945 e. The van der Waals surface area contributed by atoms with Gasteiger partial charge in [-0.1, -0.05) is 54.6 Å². The van der Waals surface area contributed by atoms with Crippen molar-refractivity contribution in [1.29, 1.82) is 0 Å². The van der Waals surface area contributed by atoms with Gasteiger partial charge >= 0.3 is 0 Å². The van der Waals surface area contributed by atoms with Crippen molar-refractivity contribution in [2.24, 2.45) is 0 Å². The predicted molar refractivity (Wildman–Crippen MR) is 88.3 cm³/mol. The zero-order valence-corrected chi connectivity index (χ0v) is 12.7. The standard InChI is InChI=1S/C19H20N2O/c1-19(22,11-13-21-14-12-20-15-21)18-9-7-17(8-10-18)16-5-3-2-4-6-16/h2-10,12,14-15,22H,11,13H2,1H3. The number of benzene rings is 2. The van der Waals surface area contributed by atoms with Gasteiger partial charge < -0.3 is 9.67 Å². The van der Waals surface area contributed by atoms with Gasteiger partial charge in [-0.2, -0.15) is 0 Å². The van der Waals surface area contributed by atoms with Gasteiger partial charge in [-0.15, -0.1) is 0 Å². The Bertz CT molecular complexity index is 701. The van der Waals surface area contributed by atoms with Crippen molar-refractivity contribution in [3.8, 4) is 11.1 Å². The number of imidazole rings is 1. The van der Waals surface area contributed by atoms with Crippen molar-refractivity contribution in [3.63, 3.8) is 0 Å². The second-order valence-corrected chi connectivity index (χ2v) is 5.77. The van der Waals surface area contributed by atoms with Crippen molar-refractivity contribution in [1.82, 2.24) is 9.55 Å². The zero-order chi connectivity index (χ0) is 15.4. The minimum Gasteiger partial charge on any atom is -0.385 e. The molecule has 0 aliphatic heterocycles. The maximum Gasteiger partial charge on any atom is 0.0945 e. The number of aliphatic hydroxyl groups is 1. The third kappa shape index (κ3) is 3.26. The Hall–Kier alpha value is -2.39. The summed E-state index contributed by atoms with van der Waals surface area (Å²) in [6.45, 7) is 2.61. The maximum absolute atomic E-state index is 10.7. The first-order valence-electron chi connectivity index (χ1n) is 7.49. The van der Waals surface area contributed by atoms with Crippen molar-refractivity contribution in [2.45, 2.75) is 25.5 Å². The summed E-state index contributed by atoms with van der Waals surface area (Å²) in [6, 6.07) is 18.4. The second-order valence-electron chi connectivity index (χ2n) is 5.77. The lowest BCUT2D eigenvalue weighted by Crippen LogP contribution is -2.23. The summed E-state index contributed by atoms with van der Waals surface area (Å²) in [5.74, 6) is 0. The Morgan fingerprint density at radius 2 is 1.68 bits per heavy atom. The molecular formula is C19H20N2O. The molecule has 1 atom stereocenters. The number of hydrogen-bond donors (Lipinski definition) is 1. The molecule has 3 nitrogen and oxygen atoms in total. The van der Waals surface area contributed by atoms with E-state index in [-0.39, 0.29) is 0 Å². The molecule has 0 fully saturated rings. The Labute approximate surface area is 130 Å². The molecule has 3 heteroatoms. The van der Waals surface area contributed by atoms with Crippen LogP contribution in [0.3, 0.4) is 0 Å². The van der Waals surface area contributed by atoms with Crippen molar-refractivity contribution >= 4 is 0 Å². The SMILES string of the molecule is CC(O)(CCn1ccnc1)c1ccc(-c2ccccc2)cc1. The lowest BCUT2D eigenvalue weighted by atomic mass is 9.91. The van der Waals surface area contributed by atoms with E-state index in [1.165, 1.54) is 5.56 Å². The molecule has 0 spiro atoms. The molecule has 0 amide bonds. The van der Waals surface area contributed by atoms with Crippen LogP contribution in [0.25, 0.3) is 11.1 Å². The van der Waals surface area contributed by atoms with Gasteiger partial charge in [0.1, 0.15) is 0 Å². The number of aromatic nitrogens is 2. The fourth-order valence-electron chi connectivity index (χ4n) is 2.56. The third-order valence-corrected chi connectivity index (χ3v) is 4.03. The van der Waals surface area contributed by atoms with Crippen LogP contribution in [-0.2, 0) is 12.1 Å². The molecule has 22 heavy (non-hydrogen) atoms. The van der Waals surface area contributed by atoms with Gasteiger partial charge in [-0.3, -0.25) is 0 Å². The van der Waals surface area contributed by atoms with E-state index in [0.717, 1.165) is 17.7 Å². The molecule has 3 aromatic rings. The van der Waals surface area contributed by atoms with Gasteiger partial charge in [0, 0.05) is 18.9 Å². The third-order valence-electron chi connectivity index (χ3n) is 4.03. The van der Waals surface area contributed by atoms with Crippen LogP contribution in [0.1, 0.15) is 18.9 Å². The Morgan fingerprint density at radius 1 is 1.00 bits per heavy atom. The highest BCUT2D eigenvalue weighted by Crippen LogP contribution is 2.28. The van der Waals surface area contributed by atoms with Crippen LogP contribution >= 0.6 is 0 Å². The Morgan fingerprint density at radius 3 is 2.32 bits per heavy atom. The van der Waals surface area contributed by atoms with Crippen LogP contribution in [-0.4, -0.2) is 14.7 Å². The molecule has 1 heterocycles. The summed E-state index contributed by atoms with van der Waals surface area (Å²) < 4.78 is 1.98. The first kappa shape index (κ1) is 14.5. The van der Waals surface area contributed by atoms with E-state index in [1.54, 1.807) is 12.5 Å². The molecule has 0 radical (unpaired) electrons. The van der Waals surface area contributed by atoms with Crippen LogP contribution in [0.15, 0.2) is 73.3 Å². The molecule has 3 rings (SSSR count). The first-order valence-corrected chi connectivity index (χ1v) is 7.49. The van der Waals surface area contributed by atoms with E-state index in [1.807, 2.05) is 48.0 Å². The molecule has 1 unspecified atom stereocenters. The molecule has 0 bridgehead atoms. The number of hydrogen-bond acceptors (Lipinski definition) is 2. The highest BCUT2D eigenvalue weighted by atomic mass is 16.3. The van der Waals surface area contributed by atoms with Crippen LogP contribution in [0.2, 0.25) is 0 Å². The fraction of sp³-hybridized carbons (Fsp3) is 0.211. The molecular weight excluding hydrogens is 272 g/mol. The molecule has 1 aromatic heterocycles. The highest BCUT2D eigenvalue weighted by Gasteiger charge is 2.22. The zero-order valence-electron chi connectivity index (χ0n) is 12.7. The van der Waals surface area contributed by atoms with E-state index < -0.39 is 5.60 Å². The van der Waals surface area contributed by atoms with Crippen molar-refractivity contribution in [2.75, 3.05) is 0 Å². The molecule has 1 N–H and O–H groups in total. The van der Waals surface area contributed by atoms with Gasteiger partial charge in [-0.05, 0) is 30.0 Å². The van der Waals surface area contributed by atoms with Gasteiger partial charge in [-0.25, -0.2) is 4.98 Å². The van der Waals surface area contributed by atoms with E-state index in [4.69, 9.17) is 0 Å².